The molecule has 2 aliphatic heterocycles. The fourth-order valence-electron chi connectivity index (χ4n) is 5.62. The van der Waals surface area contributed by atoms with Crippen LogP contribution in [0.15, 0.2) is 79.1 Å². The number of carbonyl (C=O) groups is 2. The summed E-state index contributed by atoms with van der Waals surface area (Å²) in [5, 5.41) is 8.77. The van der Waals surface area contributed by atoms with Crippen LogP contribution in [0.2, 0.25) is 0 Å². The highest BCUT2D eigenvalue weighted by Crippen LogP contribution is 2.30. The van der Waals surface area contributed by atoms with E-state index in [0.29, 0.717) is 18.8 Å². The summed E-state index contributed by atoms with van der Waals surface area (Å²) >= 11 is 0. The summed E-state index contributed by atoms with van der Waals surface area (Å²) < 4.78 is 102. The van der Waals surface area contributed by atoms with Crippen LogP contribution in [0, 0.1) is 23.3 Å². The predicted octanol–water partition coefficient (Wildman–Crippen LogP) is 5.37. The summed E-state index contributed by atoms with van der Waals surface area (Å²) in [5.74, 6) is -4.39. The van der Waals surface area contributed by atoms with Crippen molar-refractivity contribution in [1.82, 2.24) is 25.4 Å². The number of nitrogens with zero attached hydrogens (tertiary/aromatic N) is 2. The highest BCUT2D eigenvalue weighted by atomic mass is 19.4. The zero-order valence-electron chi connectivity index (χ0n) is 27.7. The first-order valence-corrected chi connectivity index (χ1v) is 16.3. The second kappa shape index (κ2) is 17.4. The molecule has 9 nitrogen and oxygen atoms in total. The van der Waals surface area contributed by atoms with Crippen LogP contribution in [0.5, 0.6) is 11.5 Å². The highest BCUT2D eigenvalue weighted by molar-refractivity contribution is 5.78. The number of hydrogen-bond donors (Lipinski definition) is 3. The van der Waals surface area contributed by atoms with Gasteiger partial charge in [-0.2, -0.15) is 13.2 Å². The lowest BCUT2D eigenvalue weighted by Crippen LogP contribution is -2.39. The van der Waals surface area contributed by atoms with Gasteiger partial charge in [-0.15, -0.1) is 0 Å². The number of carbonyl (C=O) groups excluding carboxylic acids is 2. The van der Waals surface area contributed by atoms with E-state index in [4.69, 9.17) is 9.47 Å². The van der Waals surface area contributed by atoms with Crippen molar-refractivity contribution in [1.29, 1.82) is 0 Å². The Hall–Kier alpha value is -5.09. The van der Waals surface area contributed by atoms with Gasteiger partial charge in [0.15, 0.2) is 36.5 Å². The molecule has 2 amide bonds. The molecule has 0 radical (unpaired) electrons. The topological polar surface area (TPSA) is 96.9 Å². The number of hydrogen-bond acceptors (Lipinski definition) is 6. The maximum Gasteiger partial charge on any atom is 0.416 e. The van der Waals surface area contributed by atoms with E-state index in [9.17, 15) is 40.3 Å². The van der Waals surface area contributed by atoms with Crippen molar-refractivity contribution in [2.45, 2.75) is 37.6 Å². The maximum absolute atomic E-state index is 13.2. The molecule has 2 atom stereocenters. The fraction of sp³-hybridized carbons (Fsp3) is 0.333. The Bertz CT molecular complexity index is 1810. The zero-order chi connectivity index (χ0) is 37.3. The van der Waals surface area contributed by atoms with Gasteiger partial charge in [0, 0.05) is 68.5 Å². The third-order valence-electron chi connectivity index (χ3n) is 8.24. The summed E-state index contributed by atoms with van der Waals surface area (Å²) in [5.41, 5.74) is 0.935. The molecule has 2 saturated heterocycles. The van der Waals surface area contributed by atoms with Crippen LogP contribution >= 0.6 is 0 Å². The minimum Gasteiger partial charge on any atom is -0.484 e. The molecule has 3 heterocycles. The standard InChI is InChI=1S/C24H22F5N3O2.C12H14F2N2O2/c25-21-6-5-20(11-22(21)26)34-15-23(33)30-18-8-9-31(14-18)12-16-7-10-32(13-16)19-3-1-17(2-4-19)24(27,28)29;13-10-2-1-9(5-11(10)14)18-7-12(17)16-8-3-4-15-6-8/h1-7,10-11,13,18H,8-9,12,14-15H2,(H,30,33);1-2,5,8,15H,3-4,6-7H2,(H,16,17). The largest absolute Gasteiger partial charge is 0.484 e. The minimum atomic E-state index is -4.37. The second-order valence-electron chi connectivity index (χ2n) is 12.2. The van der Waals surface area contributed by atoms with Crippen molar-refractivity contribution < 1.29 is 49.8 Å². The quantitative estimate of drug-likeness (QED) is 0.180. The molecule has 2 aliphatic rings. The first-order valence-electron chi connectivity index (χ1n) is 16.3. The Kier molecular flexibility index (Phi) is 12.8. The molecule has 6 rings (SSSR count). The van der Waals surface area contributed by atoms with Gasteiger partial charge in [0.2, 0.25) is 0 Å². The van der Waals surface area contributed by atoms with E-state index in [0.717, 1.165) is 74.4 Å². The van der Waals surface area contributed by atoms with Crippen LogP contribution in [0.3, 0.4) is 0 Å². The third-order valence-corrected chi connectivity index (χ3v) is 8.24. The Balaban J connectivity index is 0.000000244. The summed E-state index contributed by atoms with van der Waals surface area (Å²) in [6, 6.07) is 13.1. The number of alkyl halides is 3. The maximum atomic E-state index is 13.2. The van der Waals surface area contributed by atoms with Gasteiger partial charge >= 0.3 is 6.18 Å². The Labute approximate surface area is 294 Å². The van der Waals surface area contributed by atoms with Gasteiger partial charge in [-0.05, 0) is 79.5 Å². The van der Waals surface area contributed by atoms with Crippen molar-refractivity contribution >= 4 is 11.8 Å². The third kappa shape index (κ3) is 11.2. The highest BCUT2D eigenvalue weighted by Gasteiger charge is 2.30. The summed E-state index contributed by atoms with van der Waals surface area (Å²) in [4.78, 5) is 25.8. The van der Waals surface area contributed by atoms with E-state index < -0.39 is 35.0 Å². The van der Waals surface area contributed by atoms with Gasteiger partial charge in [0.25, 0.3) is 11.8 Å². The number of nitrogens with one attached hydrogen (secondary N) is 3. The smallest absolute Gasteiger partial charge is 0.416 e. The molecule has 0 spiro atoms. The average Bonchev–Trinajstić information content (AvgIpc) is 3.90. The number of ether oxygens (including phenoxy) is 2. The van der Waals surface area contributed by atoms with E-state index in [1.807, 2.05) is 12.3 Å². The average molecular weight is 736 g/mol. The minimum absolute atomic E-state index is 0.0691. The molecule has 278 valence electrons. The Morgan fingerprint density at radius 3 is 1.90 bits per heavy atom. The second-order valence-corrected chi connectivity index (χ2v) is 12.2. The van der Waals surface area contributed by atoms with Crippen LogP contribution in [-0.4, -0.2) is 72.8 Å². The van der Waals surface area contributed by atoms with Gasteiger partial charge < -0.3 is 30.0 Å². The molecule has 0 bridgehead atoms. The van der Waals surface area contributed by atoms with Crippen LogP contribution < -0.4 is 25.4 Å². The van der Waals surface area contributed by atoms with Gasteiger partial charge in [-0.25, -0.2) is 17.6 Å². The van der Waals surface area contributed by atoms with E-state index >= 15 is 0 Å². The molecule has 2 fully saturated rings. The number of benzene rings is 3. The Morgan fingerprint density at radius 2 is 1.37 bits per heavy atom. The molecule has 1 aromatic heterocycles. The molecule has 16 heteroatoms. The number of aromatic nitrogens is 1. The molecule has 3 N–H and O–H groups in total. The predicted molar refractivity (Wildman–Crippen MR) is 176 cm³/mol. The summed E-state index contributed by atoms with van der Waals surface area (Å²) in [6.07, 6.45) is 0.924. The lowest BCUT2D eigenvalue weighted by Gasteiger charge is -2.16. The van der Waals surface area contributed by atoms with Gasteiger partial charge in [0.05, 0.1) is 5.56 Å². The monoisotopic (exact) mass is 735 g/mol. The molecule has 0 aliphatic carbocycles. The Morgan fingerprint density at radius 1 is 0.769 bits per heavy atom. The summed E-state index contributed by atoms with van der Waals surface area (Å²) in [7, 11) is 0. The van der Waals surface area contributed by atoms with Crippen molar-refractivity contribution in [2.24, 2.45) is 0 Å². The van der Waals surface area contributed by atoms with Gasteiger partial charge in [-0.3, -0.25) is 14.5 Å². The molecular formula is C36H36F7N5O4. The number of likely N-dealkylation sites (tertiary alicyclic amines) is 1. The SMILES string of the molecule is O=C(COc1ccc(F)c(F)c1)NC1CCN(Cc2ccn(-c3ccc(C(F)(F)F)cc3)c2)C1.O=C(COc1ccc(F)c(F)c1)NC1CCNC1. The van der Waals surface area contributed by atoms with Crippen molar-refractivity contribution in [3.63, 3.8) is 0 Å². The van der Waals surface area contributed by atoms with Crippen LogP contribution in [0.25, 0.3) is 5.69 Å². The van der Waals surface area contributed by atoms with Gasteiger partial charge in [-0.1, -0.05) is 0 Å². The van der Waals surface area contributed by atoms with Gasteiger partial charge in [0.1, 0.15) is 11.5 Å². The lowest BCUT2D eigenvalue weighted by atomic mass is 10.2. The van der Waals surface area contributed by atoms with Crippen LogP contribution in [0.1, 0.15) is 24.0 Å². The van der Waals surface area contributed by atoms with E-state index in [-0.39, 0.29) is 48.6 Å². The molecule has 52 heavy (non-hydrogen) atoms. The zero-order valence-corrected chi connectivity index (χ0v) is 27.7. The molecular weight excluding hydrogens is 699 g/mol. The molecule has 4 aromatic rings. The lowest BCUT2D eigenvalue weighted by molar-refractivity contribution is -0.137. The number of halogens is 7. The van der Waals surface area contributed by atoms with E-state index in [2.05, 4.69) is 20.9 Å². The first-order chi connectivity index (χ1) is 24.8. The van der Waals surface area contributed by atoms with Crippen molar-refractivity contribution in [3.05, 3.63) is 114 Å². The van der Waals surface area contributed by atoms with Crippen LogP contribution in [-0.2, 0) is 22.3 Å². The fourth-order valence-corrected chi connectivity index (χ4v) is 5.62. The number of rotatable bonds is 11. The normalized spacial score (nSPS) is 17.3. The van der Waals surface area contributed by atoms with Crippen LogP contribution in [0.4, 0.5) is 30.7 Å². The van der Waals surface area contributed by atoms with E-state index in [1.54, 1.807) is 10.8 Å². The number of amides is 2. The molecule has 2 unspecified atom stereocenters. The van der Waals surface area contributed by atoms with Crippen molar-refractivity contribution in [3.8, 4) is 17.2 Å². The van der Waals surface area contributed by atoms with E-state index in [1.165, 1.54) is 24.3 Å². The summed E-state index contributed by atoms with van der Waals surface area (Å²) in [6.45, 7) is 3.14. The molecule has 0 saturated carbocycles. The van der Waals surface area contributed by atoms with Crippen molar-refractivity contribution in [2.75, 3.05) is 39.4 Å². The molecule has 3 aromatic carbocycles. The first kappa shape index (κ1) is 38.1.